The van der Waals surface area contributed by atoms with Gasteiger partial charge < -0.3 is 15.0 Å². The molecule has 1 N–H and O–H groups in total. The number of morpholine rings is 1. The number of ether oxygens (including phenoxy) is 1. The van der Waals surface area contributed by atoms with Gasteiger partial charge in [0.25, 0.3) is 5.56 Å². The molecule has 1 amide bonds. The van der Waals surface area contributed by atoms with Crippen LogP contribution in [0.1, 0.15) is 19.5 Å². The molecule has 3 heterocycles. The van der Waals surface area contributed by atoms with E-state index >= 15 is 0 Å². The number of anilines is 2. The van der Waals surface area contributed by atoms with Crippen LogP contribution in [0.4, 0.5) is 11.5 Å². The lowest BCUT2D eigenvalue weighted by Crippen LogP contribution is -2.45. The fourth-order valence-corrected chi connectivity index (χ4v) is 3.86. The Morgan fingerprint density at radius 1 is 1.13 bits per heavy atom. The number of nitrogens with zero attached hydrogens (tertiary/aromatic N) is 4. The number of benzene rings is 1. The molecule has 2 aromatic heterocycles. The Morgan fingerprint density at radius 2 is 1.83 bits per heavy atom. The van der Waals surface area contributed by atoms with Gasteiger partial charge in [-0.15, -0.1) is 0 Å². The second-order valence-electron chi connectivity index (χ2n) is 7.71. The topological polar surface area (TPSA) is 89.3 Å². The number of fused-ring (bicyclic) bond motifs is 1. The van der Waals surface area contributed by atoms with Gasteiger partial charge in [-0.3, -0.25) is 9.59 Å². The number of hydrogen-bond donors (Lipinski definition) is 1. The van der Waals surface area contributed by atoms with Crippen molar-refractivity contribution in [2.45, 2.75) is 39.5 Å². The molecule has 0 aliphatic carbocycles. The largest absolute Gasteiger partial charge is 0.372 e. The van der Waals surface area contributed by atoms with Crippen LogP contribution in [0.25, 0.3) is 10.8 Å². The van der Waals surface area contributed by atoms with Crippen molar-refractivity contribution in [1.82, 2.24) is 14.8 Å². The molecule has 0 bridgehead atoms. The molecule has 0 spiro atoms. The zero-order valence-electron chi connectivity index (χ0n) is 17.3. The van der Waals surface area contributed by atoms with Gasteiger partial charge in [0.2, 0.25) is 5.91 Å². The van der Waals surface area contributed by atoms with Gasteiger partial charge in [-0.25, -0.2) is 9.67 Å². The molecule has 8 nitrogen and oxygen atoms in total. The highest BCUT2D eigenvalue weighted by Crippen LogP contribution is 2.19. The highest BCUT2D eigenvalue weighted by atomic mass is 16.5. The molecular weight excluding hydrogens is 382 g/mol. The number of aryl methyl sites for hydroxylation is 1. The molecule has 1 aromatic carbocycles. The first kappa shape index (κ1) is 20.0. The van der Waals surface area contributed by atoms with Gasteiger partial charge in [-0.05, 0) is 39.0 Å². The summed E-state index contributed by atoms with van der Waals surface area (Å²) in [5.74, 6) is 0.514. The van der Waals surface area contributed by atoms with E-state index < -0.39 is 0 Å². The number of aromatic nitrogens is 3. The quantitative estimate of drug-likeness (QED) is 0.714. The van der Waals surface area contributed by atoms with E-state index in [-0.39, 0.29) is 30.2 Å². The first-order valence-electron chi connectivity index (χ1n) is 10.0. The number of nitrogens with one attached hydrogen (secondary N) is 1. The normalized spacial score (nSPS) is 19.1. The van der Waals surface area contributed by atoms with Crippen molar-refractivity contribution in [3.63, 3.8) is 0 Å². The Balaban J connectivity index is 1.45. The molecule has 2 unspecified atom stereocenters. The molecule has 1 aliphatic rings. The summed E-state index contributed by atoms with van der Waals surface area (Å²) in [5.41, 5.74) is 0.997. The Morgan fingerprint density at radius 3 is 2.50 bits per heavy atom. The number of amides is 1. The van der Waals surface area contributed by atoms with Crippen LogP contribution in [0.5, 0.6) is 0 Å². The zero-order valence-corrected chi connectivity index (χ0v) is 17.3. The molecule has 0 saturated carbocycles. The number of hydrogen-bond acceptors (Lipinski definition) is 6. The molecular formula is C22H25N5O3. The van der Waals surface area contributed by atoms with Gasteiger partial charge in [-0.1, -0.05) is 18.2 Å². The second-order valence-corrected chi connectivity index (χ2v) is 7.71. The van der Waals surface area contributed by atoms with Gasteiger partial charge in [0.1, 0.15) is 12.4 Å². The maximum atomic E-state index is 12.6. The number of carbonyl (C=O) groups is 1. The first-order valence-corrected chi connectivity index (χ1v) is 10.0. The molecule has 156 valence electrons. The summed E-state index contributed by atoms with van der Waals surface area (Å²) < 4.78 is 6.96. The van der Waals surface area contributed by atoms with E-state index in [0.29, 0.717) is 16.8 Å². The minimum absolute atomic E-state index is 0.145. The molecule has 4 rings (SSSR count). The Kier molecular flexibility index (Phi) is 5.50. The Bertz CT molecular complexity index is 1120. The minimum Gasteiger partial charge on any atom is -0.372 e. The Labute approximate surface area is 174 Å². The van der Waals surface area contributed by atoms with Crippen LogP contribution in [0, 0.1) is 6.92 Å². The predicted octanol–water partition coefficient (Wildman–Crippen LogP) is 2.35. The second kappa shape index (κ2) is 8.23. The molecule has 1 saturated heterocycles. The highest BCUT2D eigenvalue weighted by Gasteiger charge is 2.23. The summed E-state index contributed by atoms with van der Waals surface area (Å²) in [6, 6.07) is 11.0. The summed E-state index contributed by atoms with van der Waals surface area (Å²) in [5, 5.41) is 8.42. The number of rotatable bonds is 4. The van der Waals surface area contributed by atoms with Crippen molar-refractivity contribution in [1.29, 1.82) is 0 Å². The average molecular weight is 407 g/mol. The van der Waals surface area contributed by atoms with Crippen LogP contribution < -0.4 is 15.8 Å². The maximum Gasteiger partial charge on any atom is 0.275 e. The fraction of sp³-hybridized carbons (Fsp3) is 0.364. The monoisotopic (exact) mass is 407 g/mol. The summed E-state index contributed by atoms with van der Waals surface area (Å²) in [7, 11) is 0. The number of carbonyl (C=O) groups excluding carboxylic acids is 1. The summed E-state index contributed by atoms with van der Waals surface area (Å²) in [6.07, 6.45) is 1.91. The van der Waals surface area contributed by atoms with Gasteiger partial charge in [0, 0.05) is 18.5 Å². The van der Waals surface area contributed by atoms with E-state index in [4.69, 9.17) is 4.74 Å². The van der Waals surface area contributed by atoms with Crippen LogP contribution in [0.3, 0.4) is 0 Å². The molecule has 0 radical (unpaired) electrons. The summed E-state index contributed by atoms with van der Waals surface area (Å²) in [4.78, 5) is 31.8. The molecule has 30 heavy (non-hydrogen) atoms. The fourth-order valence-electron chi connectivity index (χ4n) is 3.86. The number of pyridine rings is 1. The highest BCUT2D eigenvalue weighted by molar-refractivity contribution is 5.90. The van der Waals surface area contributed by atoms with Crippen molar-refractivity contribution >= 4 is 28.2 Å². The van der Waals surface area contributed by atoms with Gasteiger partial charge in [0.05, 0.1) is 35.2 Å². The van der Waals surface area contributed by atoms with E-state index in [1.165, 1.54) is 4.68 Å². The standard InChI is InChI=1S/C22H25N5O3/c1-14-11-26(12-15(2)30-14)20-9-8-17(10-23-20)24-21(28)13-27-22(29)19-7-5-4-6-18(19)16(3)25-27/h4-10,14-15H,11-13H2,1-3H3,(H,24,28). The average Bonchev–Trinajstić information content (AvgIpc) is 2.71. The third kappa shape index (κ3) is 4.18. The lowest BCUT2D eigenvalue weighted by atomic mass is 10.1. The minimum atomic E-state index is -0.331. The lowest BCUT2D eigenvalue weighted by molar-refractivity contribution is -0.117. The van der Waals surface area contributed by atoms with Gasteiger partial charge in [-0.2, -0.15) is 5.10 Å². The van der Waals surface area contributed by atoms with Crippen LogP contribution in [-0.4, -0.2) is 46.0 Å². The van der Waals surface area contributed by atoms with E-state index in [1.54, 1.807) is 18.3 Å². The third-order valence-electron chi connectivity index (χ3n) is 5.12. The SMILES string of the molecule is Cc1nn(CC(=O)Nc2ccc(N3CC(C)OC(C)C3)nc2)c(=O)c2ccccc12. The molecule has 2 atom stereocenters. The van der Waals surface area contributed by atoms with Crippen molar-refractivity contribution < 1.29 is 9.53 Å². The van der Waals surface area contributed by atoms with Crippen LogP contribution in [0.15, 0.2) is 47.4 Å². The zero-order chi connectivity index (χ0) is 21.3. The van der Waals surface area contributed by atoms with E-state index in [2.05, 4.69) is 20.3 Å². The van der Waals surface area contributed by atoms with E-state index in [1.807, 2.05) is 45.0 Å². The van der Waals surface area contributed by atoms with Crippen molar-refractivity contribution in [2.75, 3.05) is 23.3 Å². The van der Waals surface area contributed by atoms with Gasteiger partial charge in [0.15, 0.2) is 0 Å². The molecule has 3 aromatic rings. The van der Waals surface area contributed by atoms with E-state index in [0.717, 1.165) is 24.3 Å². The molecule has 1 aliphatic heterocycles. The van der Waals surface area contributed by atoms with Crippen LogP contribution >= 0.6 is 0 Å². The predicted molar refractivity (Wildman–Crippen MR) is 116 cm³/mol. The van der Waals surface area contributed by atoms with Crippen LogP contribution in [0.2, 0.25) is 0 Å². The summed E-state index contributed by atoms with van der Waals surface area (Å²) >= 11 is 0. The first-order chi connectivity index (χ1) is 14.4. The van der Waals surface area contributed by atoms with Crippen molar-refractivity contribution in [2.24, 2.45) is 0 Å². The van der Waals surface area contributed by atoms with E-state index in [9.17, 15) is 9.59 Å². The maximum absolute atomic E-state index is 12.6. The lowest BCUT2D eigenvalue weighted by Gasteiger charge is -2.36. The van der Waals surface area contributed by atoms with Gasteiger partial charge >= 0.3 is 0 Å². The smallest absolute Gasteiger partial charge is 0.275 e. The Hall–Kier alpha value is -3.26. The van der Waals surface area contributed by atoms with Crippen molar-refractivity contribution in [3.05, 3.63) is 58.6 Å². The third-order valence-corrected chi connectivity index (χ3v) is 5.12. The van der Waals surface area contributed by atoms with Crippen LogP contribution in [-0.2, 0) is 16.1 Å². The van der Waals surface area contributed by atoms with Crippen molar-refractivity contribution in [3.8, 4) is 0 Å². The summed E-state index contributed by atoms with van der Waals surface area (Å²) in [6.45, 7) is 7.30. The molecule has 1 fully saturated rings. The molecule has 8 heteroatoms.